The number of rotatable bonds is 6. The Balaban J connectivity index is 1.76. The molecule has 2 aromatic rings. The van der Waals surface area contributed by atoms with Crippen LogP contribution < -0.4 is 10.9 Å². The van der Waals surface area contributed by atoms with Crippen LogP contribution in [0.25, 0.3) is 0 Å². The third-order valence-corrected chi connectivity index (χ3v) is 4.49. The summed E-state index contributed by atoms with van der Waals surface area (Å²) in [5.41, 5.74) is 0.520. The van der Waals surface area contributed by atoms with E-state index in [1.165, 1.54) is 16.8 Å². The lowest BCUT2D eigenvalue weighted by Gasteiger charge is -2.27. The van der Waals surface area contributed by atoms with Crippen LogP contribution in [0.2, 0.25) is 0 Å². The van der Waals surface area contributed by atoms with Crippen molar-refractivity contribution in [3.05, 3.63) is 64.1 Å². The number of carbonyl (C=O) groups is 2. The number of benzene rings is 1. The first kappa shape index (κ1) is 18.8. The molecule has 2 unspecified atom stereocenters. The van der Waals surface area contributed by atoms with Gasteiger partial charge in [0.15, 0.2) is 0 Å². The summed E-state index contributed by atoms with van der Waals surface area (Å²) in [4.78, 5) is 36.1. The average molecular weight is 371 g/mol. The van der Waals surface area contributed by atoms with Crippen molar-refractivity contribution in [1.82, 2.24) is 15.1 Å². The number of hydrogen-bond acceptors (Lipinski definition) is 5. The van der Waals surface area contributed by atoms with Gasteiger partial charge in [0, 0.05) is 18.6 Å². The van der Waals surface area contributed by atoms with E-state index in [9.17, 15) is 19.5 Å². The molecule has 1 fully saturated rings. The van der Waals surface area contributed by atoms with Crippen LogP contribution in [0.15, 0.2) is 47.3 Å². The Morgan fingerprint density at radius 2 is 2.04 bits per heavy atom. The Hall–Kier alpha value is -3.00. The number of carboxylic acids is 1. The molecule has 1 aromatic heterocycles. The lowest BCUT2D eigenvalue weighted by Crippen LogP contribution is -2.48. The molecule has 8 heteroatoms. The molecule has 8 nitrogen and oxygen atoms in total. The summed E-state index contributed by atoms with van der Waals surface area (Å²) in [6.45, 7) is 1.11. The van der Waals surface area contributed by atoms with Gasteiger partial charge in [0.05, 0.1) is 13.2 Å². The van der Waals surface area contributed by atoms with Crippen molar-refractivity contribution in [3.63, 3.8) is 0 Å². The molecule has 27 heavy (non-hydrogen) atoms. The maximum Gasteiger partial charge on any atom is 0.326 e. The largest absolute Gasteiger partial charge is 0.480 e. The standard InChI is InChI=1S/C19H21N3O5/c23-16-9-8-15(21-22(16)11-13-5-2-1-3-6-13)18(24)20-17(19(25)26)14-7-4-10-27-12-14/h1-3,5-6,8-9,14,17H,4,7,10-12H2,(H,20,24)(H,25,26). The molecule has 2 N–H and O–H groups in total. The second-order valence-corrected chi connectivity index (χ2v) is 6.47. The number of nitrogens with one attached hydrogen (secondary N) is 1. The summed E-state index contributed by atoms with van der Waals surface area (Å²) in [5.74, 6) is -2.04. The molecule has 3 rings (SSSR count). The molecular formula is C19H21N3O5. The van der Waals surface area contributed by atoms with Crippen LogP contribution in [0.1, 0.15) is 28.9 Å². The van der Waals surface area contributed by atoms with Crippen molar-refractivity contribution in [2.45, 2.75) is 25.4 Å². The van der Waals surface area contributed by atoms with Crippen molar-refractivity contribution in [1.29, 1.82) is 0 Å². The van der Waals surface area contributed by atoms with Crippen LogP contribution in [-0.4, -0.2) is 46.0 Å². The molecule has 0 radical (unpaired) electrons. The predicted octanol–water partition coefficient (Wildman–Crippen LogP) is 0.901. The number of nitrogens with zero attached hydrogens (tertiary/aromatic N) is 2. The van der Waals surface area contributed by atoms with Crippen LogP contribution in [0.3, 0.4) is 0 Å². The topological polar surface area (TPSA) is 111 Å². The fourth-order valence-electron chi connectivity index (χ4n) is 3.06. The van der Waals surface area contributed by atoms with Gasteiger partial charge in [-0.2, -0.15) is 5.10 Å². The Bertz CT molecular complexity index is 859. The molecule has 1 aliphatic heterocycles. The van der Waals surface area contributed by atoms with Crippen LogP contribution in [-0.2, 0) is 16.1 Å². The highest BCUT2D eigenvalue weighted by Crippen LogP contribution is 2.18. The quantitative estimate of drug-likeness (QED) is 0.781. The number of hydrogen-bond donors (Lipinski definition) is 2. The SMILES string of the molecule is O=C(NC(C(=O)O)C1CCCOC1)c1ccc(=O)n(Cc2ccccc2)n1. The van der Waals surface area contributed by atoms with E-state index in [1.54, 1.807) is 0 Å². The number of amides is 1. The summed E-state index contributed by atoms with van der Waals surface area (Å²) < 4.78 is 6.51. The molecule has 0 aliphatic carbocycles. The van der Waals surface area contributed by atoms with E-state index in [0.29, 0.717) is 13.0 Å². The van der Waals surface area contributed by atoms with Gasteiger partial charge in [-0.05, 0) is 24.5 Å². The van der Waals surface area contributed by atoms with Crippen molar-refractivity contribution >= 4 is 11.9 Å². The second-order valence-electron chi connectivity index (χ2n) is 6.47. The zero-order valence-electron chi connectivity index (χ0n) is 14.7. The van der Waals surface area contributed by atoms with Gasteiger partial charge >= 0.3 is 5.97 Å². The highest BCUT2D eigenvalue weighted by molar-refractivity contribution is 5.94. The molecule has 1 aromatic carbocycles. The molecule has 0 spiro atoms. The third kappa shape index (κ3) is 4.79. The molecule has 1 saturated heterocycles. The first-order valence-corrected chi connectivity index (χ1v) is 8.78. The van der Waals surface area contributed by atoms with E-state index in [0.717, 1.165) is 12.0 Å². The minimum absolute atomic E-state index is 0.00601. The van der Waals surface area contributed by atoms with E-state index >= 15 is 0 Å². The fourth-order valence-corrected chi connectivity index (χ4v) is 3.06. The Kier molecular flexibility index (Phi) is 5.97. The van der Waals surface area contributed by atoms with E-state index in [4.69, 9.17) is 4.74 Å². The Labute approximate surface area is 155 Å². The summed E-state index contributed by atoms with van der Waals surface area (Å²) in [5, 5.41) is 16.1. The molecule has 1 amide bonds. The first-order chi connectivity index (χ1) is 13.0. The molecule has 0 bridgehead atoms. The predicted molar refractivity (Wildman–Crippen MR) is 96.5 cm³/mol. The van der Waals surface area contributed by atoms with Gasteiger partial charge in [-0.25, -0.2) is 9.48 Å². The molecule has 0 saturated carbocycles. The second kappa shape index (κ2) is 8.59. The van der Waals surface area contributed by atoms with Gasteiger partial charge in [0.2, 0.25) is 0 Å². The van der Waals surface area contributed by atoms with Crippen LogP contribution >= 0.6 is 0 Å². The van der Waals surface area contributed by atoms with E-state index in [1.807, 2.05) is 30.3 Å². The van der Waals surface area contributed by atoms with Crippen LogP contribution in [0.5, 0.6) is 0 Å². The van der Waals surface area contributed by atoms with Crippen molar-refractivity contribution < 1.29 is 19.4 Å². The smallest absolute Gasteiger partial charge is 0.326 e. The number of carboxylic acid groups (broad SMARTS) is 1. The monoisotopic (exact) mass is 371 g/mol. The van der Waals surface area contributed by atoms with Crippen LogP contribution in [0, 0.1) is 5.92 Å². The maximum atomic E-state index is 12.5. The highest BCUT2D eigenvalue weighted by atomic mass is 16.5. The van der Waals surface area contributed by atoms with Crippen molar-refractivity contribution in [2.24, 2.45) is 5.92 Å². The zero-order chi connectivity index (χ0) is 19.2. The van der Waals surface area contributed by atoms with Gasteiger partial charge in [0.25, 0.3) is 11.5 Å². The van der Waals surface area contributed by atoms with Crippen molar-refractivity contribution in [3.8, 4) is 0 Å². The molecule has 2 atom stereocenters. The van der Waals surface area contributed by atoms with Gasteiger partial charge in [-0.1, -0.05) is 30.3 Å². The summed E-state index contributed by atoms with van der Waals surface area (Å²) in [6.07, 6.45) is 1.42. The normalized spacial score (nSPS) is 17.9. The molecule has 1 aliphatic rings. The minimum Gasteiger partial charge on any atom is -0.480 e. The number of ether oxygens (including phenoxy) is 1. The van der Waals surface area contributed by atoms with Crippen LogP contribution in [0.4, 0.5) is 0 Å². The number of carbonyl (C=O) groups excluding carboxylic acids is 1. The third-order valence-electron chi connectivity index (χ3n) is 4.49. The number of aliphatic carboxylic acids is 1. The lowest BCUT2D eigenvalue weighted by molar-refractivity contribution is -0.142. The van der Waals surface area contributed by atoms with Crippen molar-refractivity contribution in [2.75, 3.05) is 13.2 Å². The fraction of sp³-hybridized carbons (Fsp3) is 0.368. The Morgan fingerprint density at radius 1 is 1.26 bits per heavy atom. The summed E-state index contributed by atoms with van der Waals surface area (Å²) in [6, 6.07) is 10.8. The lowest BCUT2D eigenvalue weighted by atomic mass is 9.93. The van der Waals surface area contributed by atoms with E-state index < -0.39 is 17.9 Å². The first-order valence-electron chi connectivity index (χ1n) is 8.78. The van der Waals surface area contributed by atoms with E-state index in [-0.39, 0.29) is 30.3 Å². The van der Waals surface area contributed by atoms with Gasteiger partial charge in [-0.3, -0.25) is 9.59 Å². The minimum atomic E-state index is -1.11. The number of aromatic nitrogens is 2. The molecular weight excluding hydrogens is 350 g/mol. The zero-order valence-corrected chi connectivity index (χ0v) is 14.7. The summed E-state index contributed by atoms with van der Waals surface area (Å²) >= 11 is 0. The summed E-state index contributed by atoms with van der Waals surface area (Å²) in [7, 11) is 0. The molecule has 142 valence electrons. The highest BCUT2D eigenvalue weighted by Gasteiger charge is 2.32. The van der Waals surface area contributed by atoms with Gasteiger partial charge < -0.3 is 15.2 Å². The Morgan fingerprint density at radius 3 is 2.70 bits per heavy atom. The van der Waals surface area contributed by atoms with E-state index in [2.05, 4.69) is 10.4 Å². The van der Waals surface area contributed by atoms with Gasteiger partial charge in [0.1, 0.15) is 11.7 Å². The maximum absolute atomic E-state index is 12.5. The van der Waals surface area contributed by atoms with Gasteiger partial charge in [-0.15, -0.1) is 0 Å². The average Bonchev–Trinajstić information content (AvgIpc) is 2.69. The molecule has 2 heterocycles.